The standard InChI is InChI=1S/C10H14N4O3/c11-5-1-2-6(9(12)17)13-10(5)14-3-7(15)8(16)4-14/h1-2,7-8,15-16H,3-4,11H2,(H2,12,17). The van der Waals surface area contributed by atoms with Gasteiger partial charge in [-0.15, -0.1) is 0 Å². The van der Waals surface area contributed by atoms with E-state index in [0.29, 0.717) is 11.5 Å². The van der Waals surface area contributed by atoms with E-state index < -0.39 is 18.1 Å². The summed E-state index contributed by atoms with van der Waals surface area (Å²) in [5.41, 5.74) is 11.3. The molecule has 7 nitrogen and oxygen atoms in total. The molecular weight excluding hydrogens is 224 g/mol. The molecule has 1 aromatic heterocycles. The van der Waals surface area contributed by atoms with Gasteiger partial charge in [0.1, 0.15) is 5.69 Å². The van der Waals surface area contributed by atoms with Crippen LogP contribution in [0.2, 0.25) is 0 Å². The number of β-amino-alcohol motifs (C(OH)–C–C–N with tert-alkyl or cyclic N) is 2. The number of aliphatic hydroxyl groups is 2. The molecule has 1 saturated heterocycles. The number of hydrogen-bond donors (Lipinski definition) is 4. The van der Waals surface area contributed by atoms with E-state index in [-0.39, 0.29) is 18.8 Å². The topological polar surface area (TPSA) is 126 Å². The van der Waals surface area contributed by atoms with Crippen LogP contribution in [0.4, 0.5) is 11.5 Å². The van der Waals surface area contributed by atoms with Crippen LogP contribution in [-0.4, -0.2) is 46.4 Å². The van der Waals surface area contributed by atoms with Gasteiger partial charge in [0.15, 0.2) is 5.82 Å². The number of anilines is 2. The fourth-order valence-corrected chi connectivity index (χ4v) is 1.79. The predicted molar refractivity (Wildman–Crippen MR) is 61.4 cm³/mol. The van der Waals surface area contributed by atoms with Crippen LogP contribution in [0.1, 0.15) is 10.5 Å². The molecule has 0 aliphatic carbocycles. The number of nitrogen functional groups attached to an aromatic ring is 1. The highest BCUT2D eigenvalue weighted by molar-refractivity contribution is 5.91. The molecule has 92 valence electrons. The van der Waals surface area contributed by atoms with E-state index in [1.54, 1.807) is 4.90 Å². The van der Waals surface area contributed by atoms with Crippen molar-refractivity contribution in [3.63, 3.8) is 0 Å². The molecule has 1 aliphatic heterocycles. The molecule has 1 fully saturated rings. The maximum Gasteiger partial charge on any atom is 0.267 e. The maximum atomic E-state index is 11.0. The first-order valence-corrected chi connectivity index (χ1v) is 5.16. The third-order valence-electron chi connectivity index (χ3n) is 2.72. The van der Waals surface area contributed by atoms with Gasteiger partial charge in [-0.05, 0) is 12.1 Å². The first-order valence-electron chi connectivity index (χ1n) is 5.16. The zero-order valence-corrected chi connectivity index (χ0v) is 9.08. The van der Waals surface area contributed by atoms with Crippen LogP contribution in [0.15, 0.2) is 12.1 Å². The fraction of sp³-hybridized carbons (Fsp3) is 0.400. The van der Waals surface area contributed by atoms with Gasteiger partial charge in [-0.25, -0.2) is 4.98 Å². The normalized spacial score (nSPS) is 24.0. The van der Waals surface area contributed by atoms with Crippen LogP contribution in [-0.2, 0) is 0 Å². The van der Waals surface area contributed by atoms with Crippen LogP contribution < -0.4 is 16.4 Å². The Hall–Kier alpha value is -1.86. The first kappa shape index (κ1) is 11.6. The van der Waals surface area contributed by atoms with Crippen molar-refractivity contribution >= 4 is 17.4 Å². The number of pyridine rings is 1. The van der Waals surface area contributed by atoms with E-state index in [0.717, 1.165) is 0 Å². The molecule has 0 bridgehead atoms. The van der Waals surface area contributed by atoms with Crippen LogP contribution >= 0.6 is 0 Å². The molecule has 17 heavy (non-hydrogen) atoms. The molecule has 1 aliphatic rings. The van der Waals surface area contributed by atoms with Crippen molar-refractivity contribution in [1.82, 2.24) is 4.98 Å². The number of nitrogens with zero attached hydrogens (tertiary/aromatic N) is 2. The summed E-state index contributed by atoms with van der Waals surface area (Å²) in [6.45, 7) is 0.446. The van der Waals surface area contributed by atoms with E-state index >= 15 is 0 Å². The molecule has 2 atom stereocenters. The Kier molecular flexibility index (Phi) is 2.86. The monoisotopic (exact) mass is 238 g/mol. The van der Waals surface area contributed by atoms with E-state index in [4.69, 9.17) is 11.5 Å². The zero-order valence-electron chi connectivity index (χ0n) is 9.08. The van der Waals surface area contributed by atoms with Gasteiger partial charge >= 0.3 is 0 Å². The average molecular weight is 238 g/mol. The average Bonchev–Trinajstić information content (AvgIpc) is 2.59. The Morgan fingerprint density at radius 2 is 1.94 bits per heavy atom. The molecule has 0 aromatic carbocycles. The van der Waals surface area contributed by atoms with Gasteiger partial charge in [0.25, 0.3) is 5.91 Å². The van der Waals surface area contributed by atoms with Crippen molar-refractivity contribution in [2.75, 3.05) is 23.7 Å². The number of aromatic nitrogens is 1. The van der Waals surface area contributed by atoms with Crippen LogP contribution in [0.5, 0.6) is 0 Å². The largest absolute Gasteiger partial charge is 0.396 e. The summed E-state index contributed by atoms with van der Waals surface area (Å²) in [4.78, 5) is 16.7. The Morgan fingerprint density at radius 1 is 1.35 bits per heavy atom. The molecule has 0 spiro atoms. The summed E-state index contributed by atoms with van der Waals surface area (Å²) in [7, 11) is 0. The van der Waals surface area contributed by atoms with Crippen molar-refractivity contribution in [1.29, 1.82) is 0 Å². The number of nitrogens with two attached hydrogens (primary N) is 2. The number of carbonyl (C=O) groups is 1. The first-order chi connectivity index (χ1) is 7.99. The Bertz CT molecular complexity index is 441. The van der Waals surface area contributed by atoms with Gasteiger partial charge < -0.3 is 26.6 Å². The minimum atomic E-state index is -0.839. The molecule has 2 heterocycles. The summed E-state index contributed by atoms with van der Waals surface area (Å²) in [5.74, 6) is -0.288. The molecule has 2 unspecified atom stereocenters. The lowest BCUT2D eigenvalue weighted by molar-refractivity contribution is 0.0572. The molecule has 6 N–H and O–H groups in total. The van der Waals surface area contributed by atoms with Gasteiger partial charge in [-0.2, -0.15) is 0 Å². The van der Waals surface area contributed by atoms with Crippen molar-refractivity contribution < 1.29 is 15.0 Å². The second-order valence-electron chi connectivity index (χ2n) is 4.01. The quantitative estimate of drug-likeness (QED) is 0.487. The van der Waals surface area contributed by atoms with Gasteiger partial charge in [-0.1, -0.05) is 0 Å². The summed E-state index contributed by atoms with van der Waals surface area (Å²) in [6, 6.07) is 2.96. The summed E-state index contributed by atoms with van der Waals surface area (Å²) >= 11 is 0. The highest BCUT2D eigenvalue weighted by Crippen LogP contribution is 2.24. The Labute approximate surface area is 97.7 Å². The van der Waals surface area contributed by atoms with Gasteiger partial charge in [-0.3, -0.25) is 4.79 Å². The van der Waals surface area contributed by atoms with Crippen molar-refractivity contribution in [2.24, 2.45) is 5.73 Å². The second kappa shape index (κ2) is 4.19. The number of carbonyl (C=O) groups excluding carboxylic acids is 1. The van der Waals surface area contributed by atoms with Crippen molar-refractivity contribution in [3.05, 3.63) is 17.8 Å². The minimum Gasteiger partial charge on any atom is -0.396 e. The number of primary amides is 1. The lowest BCUT2D eigenvalue weighted by Crippen LogP contribution is -2.25. The lowest BCUT2D eigenvalue weighted by Gasteiger charge is -2.18. The van der Waals surface area contributed by atoms with Gasteiger partial charge in [0.2, 0.25) is 0 Å². The summed E-state index contributed by atoms with van der Waals surface area (Å²) in [6.07, 6.45) is -1.68. The van der Waals surface area contributed by atoms with Gasteiger partial charge in [0.05, 0.1) is 17.9 Å². The SMILES string of the molecule is NC(=O)c1ccc(N)c(N2CC(O)C(O)C2)n1. The summed E-state index contributed by atoms with van der Waals surface area (Å²) < 4.78 is 0. The van der Waals surface area contributed by atoms with E-state index in [1.807, 2.05) is 0 Å². The molecule has 0 radical (unpaired) electrons. The third kappa shape index (κ3) is 2.15. The van der Waals surface area contributed by atoms with Crippen LogP contribution in [0.3, 0.4) is 0 Å². The summed E-state index contributed by atoms with van der Waals surface area (Å²) in [5, 5.41) is 18.9. The van der Waals surface area contributed by atoms with Crippen LogP contribution in [0.25, 0.3) is 0 Å². The number of hydrogen-bond acceptors (Lipinski definition) is 6. The predicted octanol–water partition coefficient (Wildman–Crippen LogP) is -1.70. The van der Waals surface area contributed by atoms with E-state index in [2.05, 4.69) is 4.98 Å². The third-order valence-corrected chi connectivity index (χ3v) is 2.72. The molecular formula is C10H14N4O3. The highest BCUT2D eigenvalue weighted by Gasteiger charge is 2.31. The second-order valence-corrected chi connectivity index (χ2v) is 4.01. The Morgan fingerprint density at radius 3 is 2.47 bits per heavy atom. The molecule has 2 rings (SSSR count). The zero-order chi connectivity index (χ0) is 12.6. The molecule has 7 heteroatoms. The number of aliphatic hydroxyl groups excluding tert-OH is 2. The molecule has 0 saturated carbocycles. The number of rotatable bonds is 2. The highest BCUT2D eigenvalue weighted by atomic mass is 16.3. The maximum absolute atomic E-state index is 11.0. The lowest BCUT2D eigenvalue weighted by atomic mass is 10.3. The smallest absolute Gasteiger partial charge is 0.267 e. The number of amides is 1. The van der Waals surface area contributed by atoms with Crippen LogP contribution in [0, 0.1) is 0 Å². The van der Waals surface area contributed by atoms with E-state index in [1.165, 1.54) is 12.1 Å². The van der Waals surface area contributed by atoms with Gasteiger partial charge in [0, 0.05) is 13.1 Å². The van der Waals surface area contributed by atoms with Crippen molar-refractivity contribution in [3.8, 4) is 0 Å². The Balaban J connectivity index is 2.32. The van der Waals surface area contributed by atoms with Crippen molar-refractivity contribution in [2.45, 2.75) is 12.2 Å². The molecule has 1 aromatic rings. The van der Waals surface area contributed by atoms with E-state index in [9.17, 15) is 15.0 Å². The molecule has 1 amide bonds. The fourth-order valence-electron chi connectivity index (χ4n) is 1.79. The minimum absolute atomic E-state index is 0.102.